The summed E-state index contributed by atoms with van der Waals surface area (Å²) in [6.07, 6.45) is 1.45. The average molecular weight is 179 g/mol. The van der Waals surface area contributed by atoms with E-state index in [0.29, 0.717) is 5.56 Å². The number of nitrogens with zero attached hydrogens (tertiary/aromatic N) is 1. The molecule has 0 spiro atoms. The highest BCUT2D eigenvalue weighted by Gasteiger charge is 2.04. The lowest BCUT2D eigenvalue weighted by atomic mass is 10.2. The molecular formula is C9H6FNS. The molecule has 0 bridgehead atoms. The van der Waals surface area contributed by atoms with E-state index in [-0.39, 0.29) is 0 Å². The fourth-order valence-corrected chi connectivity index (χ4v) is 1.74. The Labute approximate surface area is 73.5 Å². The second-order valence-corrected chi connectivity index (χ2v) is 3.27. The zero-order valence-electron chi connectivity index (χ0n) is 6.20. The quantitative estimate of drug-likeness (QED) is 0.613. The zero-order chi connectivity index (χ0) is 8.39. The number of halogens is 1. The predicted octanol–water partition coefficient (Wildman–Crippen LogP) is 2.95. The summed E-state index contributed by atoms with van der Waals surface area (Å²) in [4.78, 5) is 4.49. The highest BCUT2D eigenvalue weighted by molar-refractivity contribution is 7.13. The highest BCUT2D eigenvalue weighted by atomic mass is 32.1. The van der Waals surface area contributed by atoms with Gasteiger partial charge in [0.25, 0.3) is 0 Å². The van der Waals surface area contributed by atoms with E-state index in [1.54, 1.807) is 12.1 Å². The second kappa shape index (κ2) is 3.03. The van der Waals surface area contributed by atoms with Crippen LogP contribution in [0.3, 0.4) is 0 Å². The maximum absolute atomic E-state index is 13.0. The van der Waals surface area contributed by atoms with E-state index in [1.165, 1.54) is 17.5 Å². The topological polar surface area (TPSA) is 12.9 Å². The summed E-state index contributed by atoms with van der Waals surface area (Å²) in [5, 5.41) is 1.92. The van der Waals surface area contributed by atoms with Crippen molar-refractivity contribution < 1.29 is 4.39 Å². The zero-order valence-corrected chi connectivity index (χ0v) is 7.01. The number of hydrogen-bond acceptors (Lipinski definition) is 2. The first-order valence-electron chi connectivity index (χ1n) is 3.52. The lowest BCUT2D eigenvalue weighted by Crippen LogP contribution is -1.84. The van der Waals surface area contributed by atoms with Gasteiger partial charge in [0, 0.05) is 16.6 Å². The standard InChI is InChI=1S/C9H6FNS/c10-9-7(3-1-5-11-9)8-4-2-6-12-8/h1-6H. The molecule has 1 nitrogen and oxygen atoms in total. The summed E-state index contributed by atoms with van der Waals surface area (Å²) in [5.41, 5.74) is 0.576. The van der Waals surface area contributed by atoms with Crippen molar-refractivity contribution in [3.63, 3.8) is 0 Å². The van der Waals surface area contributed by atoms with Crippen molar-refractivity contribution in [2.24, 2.45) is 0 Å². The van der Waals surface area contributed by atoms with Crippen LogP contribution in [0.4, 0.5) is 4.39 Å². The Balaban J connectivity index is 2.55. The first kappa shape index (κ1) is 7.43. The van der Waals surface area contributed by atoms with E-state index in [1.807, 2.05) is 17.5 Å². The average Bonchev–Trinajstić information content (AvgIpc) is 2.57. The Hall–Kier alpha value is -1.22. The van der Waals surface area contributed by atoms with Gasteiger partial charge in [-0.25, -0.2) is 4.98 Å². The van der Waals surface area contributed by atoms with Crippen molar-refractivity contribution in [3.8, 4) is 10.4 Å². The third kappa shape index (κ3) is 1.23. The van der Waals surface area contributed by atoms with Crippen molar-refractivity contribution in [1.82, 2.24) is 4.98 Å². The van der Waals surface area contributed by atoms with Gasteiger partial charge in [0.05, 0.1) is 0 Å². The summed E-state index contributed by atoms with van der Waals surface area (Å²) in [6.45, 7) is 0. The van der Waals surface area contributed by atoms with Crippen LogP contribution in [0.5, 0.6) is 0 Å². The number of thiophene rings is 1. The fraction of sp³-hybridized carbons (Fsp3) is 0. The molecule has 2 aromatic heterocycles. The molecule has 0 unspecified atom stereocenters. The molecule has 2 aromatic rings. The summed E-state index contributed by atoms with van der Waals surface area (Å²) in [7, 11) is 0. The van der Waals surface area contributed by atoms with Crippen molar-refractivity contribution in [1.29, 1.82) is 0 Å². The fourth-order valence-electron chi connectivity index (χ4n) is 1.00. The molecule has 12 heavy (non-hydrogen) atoms. The number of rotatable bonds is 1. The molecule has 0 aliphatic rings. The largest absolute Gasteiger partial charge is 0.228 e. The molecule has 3 heteroatoms. The van der Waals surface area contributed by atoms with Crippen molar-refractivity contribution in [2.75, 3.05) is 0 Å². The molecular weight excluding hydrogens is 173 g/mol. The number of aromatic nitrogens is 1. The van der Waals surface area contributed by atoms with Crippen molar-refractivity contribution in [2.45, 2.75) is 0 Å². The minimum atomic E-state index is -0.403. The van der Waals surface area contributed by atoms with E-state index >= 15 is 0 Å². The van der Waals surface area contributed by atoms with Crippen molar-refractivity contribution in [3.05, 3.63) is 41.8 Å². The first-order chi connectivity index (χ1) is 5.88. The van der Waals surface area contributed by atoms with E-state index in [9.17, 15) is 4.39 Å². The molecule has 0 fully saturated rings. The van der Waals surface area contributed by atoms with Crippen LogP contribution in [-0.2, 0) is 0 Å². The molecule has 0 atom stereocenters. The Bertz CT molecular complexity index is 370. The maximum Gasteiger partial charge on any atom is 0.221 e. The van der Waals surface area contributed by atoms with Gasteiger partial charge in [-0.05, 0) is 23.6 Å². The van der Waals surface area contributed by atoms with Gasteiger partial charge in [0.15, 0.2) is 0 Å². The Morgan fingerprint density at radius 2 is 2.17 bits per heavy atom. The third-order valence-corrected chi connectivity index (χ3v) is 2.45. The van der Waals surface area contributed by atoms with Gasteiger partial charge in [-0.2, -0.15) is 4.39 Å². The molecule has 0 aliphatic heterocycles. The molecule has 0 saturated carbocycles. The first-order valence-corrected chi connectivity index (χ1v) is 4.40. The normalized spacial score (nSPS) is 10.1. The number of pyridine rings is 1. The van der Waals surface area contributed by atoms with Gasteiger partial charge in [-0.1, -0.05) is 6.07 Å². The molecule has 0 amide bonds. The molecule has 60 valence electrons. The van der Waals surface area contributed by atoms with Gasteiger partial charge >= 0.3 is 0 Å². The molecule has 0 N–H and O–H groups in total. The molecule has 0 aromatic carbocycles. The van der Waals surface area contributed by atoms with Crippen LogP contribution in [0.2, 0.25) is 0 Å². The van der Waals surface area contributed by atoms with E-state index < -0.39 is 5.95 Å². The van der Waals surface area contributed by atoms with Gasteiger partial charge in [-0.3, -0.25) is 0 Å². The molecule has 2 heterocycles. The summed E-state index contributed by atoms with van der Waals surface area (Å²) in [5.74, 6) is -0.403. The predicted molar refractivity (Wildman–Crippen MR) is 47.5 cm³/mol. The van der Waals surface area contributed by atoms with Crippen LogP contribution < -0.4 is 0 Å². The van der Waals surface area contributed by atoms with Crippen LogP contribution in [0.15, 0.2) is 35.8 Å². The van der Waals surface area contributed by atoms with Gasteiger partial charge in [0.2, 0.25) is 5.95 Å². The Kier molecular flexibility index (Phi) is 1.87. The van der Waals surface area contributed by atoms with Gasteiger partial charge in [0.1, 0.15) is 0 Å². The smallest absolute Gasteiger partial charge is 0.221 e. The maximum atomic E-state index is 13.0. The van der Waals surface area contributed by atoms with Gasteiger partial charge in [-0.15, -0.1) is 11.3 Å². The van der Waals surface area contributed by atoms with Crippen LogP contribution >= 0.6 is 11.3 Å². The Morgan fingerprint density at radius 3 is 2.83 bits per heavy atom. The lowest BCUT2D eigenvalue weighted by Gasteiger charge is -1.96. The van der Waals surface area contributed by atoms with Crippen LogP contribution in [0.25, 0.3) is 10.4 Å². The van der Waals surface area contributed by atoms with E-state index in [0.717, 1.165) is 4.88 Å². The Morgan fingerprint density at radius 1 is 1.25 bits per heavy atom. The molecule has 0 saturated heterocycles. The monoisotopic (exact) mass is 179 g/mol. The minimum Gasteiger partial charge on any atom is -0.228 e. The summed E-state index contributed by atoms with van der Waals surface area (Å²) in [6, 6.07) is 7.24. The molecule has 0 aliphatic carbocycles. The van der Waals surface area contributed by atoms with Crippen LogP contribution in [0, 0.1) is 5.95 Å². The van der Waals surface area contributed by atoms with Gasteiger partial charge < -0.3 is 0 Å². The van der Waals surface area contributed by atoms with Crippen LogP contribution in [0.1, 0.15) is 0 Å². The number of hydrogen-bond donors (Lipinski definition) is 0. The third-order valence-electron chi connectivity index (χ3n) is 1.55. The SMILES string of the molecule is Fc1ncccc1-c1cccs1. The van der Waals surface area contributed by atoms with E-state index in [2.05, 4.69) is 4.98 Å². The minimum absolute atomic E-state index is 0.403. The molecule has 0 radical (unpaired) electrons. The van der Waals surface area contributed by atoms with Crippen LogP contribution in [-0.4, -0.2) is 4.98 Å². The molecule has 2 rings (SSSR count). The van der Waals surface area contributed by atoms with Crippen molar-refractivity contribution >= 4 is 11.3 Å². The highest BCUT2D eigenvalue weighted by Crippen LogP contribution is 2.25. The summed E-state index contributed by atoms with van der Waals surface area (Å²) >= 11 is 1.51. The van der Waals surface area contributed by atoms with E-state index in [4.69, 9.17) is 0 Å². The lowest BCUT2D eigenvalue weighted by molar-refractivity contribution is 0.588. The second-order valence-electron chi connectivity index (χ2n) is 2.32. The summed E-state index contributed by atoms with van der Waals surface area (Å²) < 4.78 is 13.0.